The Bertz CT molecular complexity index is 2030. The molecule has 0 fully saturated rings. The highest BCUT2D eigenvalue weighted by Crippen LogP contribution is 2.45. The van der Waals surface area contributed by atoms with E-state index in [9.17, 15) is 43.2 Å². The van der Waals surface area contributed by atoms with E-state index in [1.165, 1.54) is 238 Å². The Balaban J connectivity index is 5.19. The van der Waals surface area contributed by atoms with Crippen molar-refractivity contribution in [2.45, 2.75) is 459 Å². The molecule has 618 valence electrons. The molecule has 0 aliphatic rings. The van der Waals surface area contributed by atoms with Gasteiger partial charge in [-0.15, -0.1) is 0 Å². The first-order valence-corrected chi connectivity index (χ1v) is 46.7. The summed E-state index contributed by atoms with van der Waals surface area (Å²) in [5.74, 6) is 1.03. The third kappa shape index (κ3) is 76.8. The summed E-state index contributed by atoms with van der Waals surface area (Å²) in [5.41, 5.74) is 0. The molecule has 0 bridgehead atoms. The van der Waals surface area contributed by atoms with Gasteiger partial charge in [0.1, 0.15) is 19.3 Å². The highest BCUT2D eigenvalue weighted by Gasteiger charge is 2.30. The number of phosphoric ester groups is 2. The minimum atomic E-state index is -4.96. The Morgan fingerprint density at radius 1 is 0.269 bits per heavy atom. The molecule has 0 saturated heterocycles. The fraction of sp³-hybridized carbons (Fsp3) is 0.953. The van der Waals surface area contributed by atoms with Gasteiger partial charge in [0, 0.05) is 25.7 Å². The fourth-order valence-corrected chi connectivity index (χ4v) is 14.7. The molecule has 0 aliphatic heterocycles. The SMILES string of the molecule is CCC(C)CCCCCCCCCCCCCCCCCCCCC(=O)O[C@H](COC(=O)CCCCCCCCC(C)C)COP(=O)(O)OC[C@H](O)COP(=O)(O)OC[C@@H](COC(=O)CCCCCCCCCCCCCCCC(C)C)OC(=O)CCCCCCCCCCCCCCCCC(C)C. The summed E-state index contributed by atoms with van der Waals surface area (Å²) in [6, 6.07) is 0. The van der Waals surface area contributed by atoms with Crippen LogP contribution < -0.4 is 0 Å². The van der Waals surface area contributed by atoms with E-state index in [-0.39, 0.29) is 25.7 Å². The van der Waals surface area contributed by atoms with E-state index < -0.39 is 97.5 Å². The zero-order valence-corrected chi connectivity index (χ0v) is 70.5. The largest absolute Gasteiger partial charge is 0.472 e. The predicted molar refractivity (Wildman–Crippen MR) is 428 cm³/mol. The lowest BCUT2D eigenvalue weighted by Crippen LogP contribution is -2.30. The van der Waals surface area contributed by atoms with Crippen molar-refractivity contribution in [3.8, 4) is 0 Å². The minimum absolute atomic E-state index is 0.107. The molecule has 0 aromatic heterocycles. The molecule has 0 saturated carbocycles. The first-order chi connectivity index (χ1) is 50.1. The van der Waals surface area contributed by atoms with Crippen molar-refractivity contribution in [3.05, 3.63) is 0 Å². The Morgan fingerprint density at radius 3 is 0.683 bits per heavy atom. The van der Waals surface area contributed by atoms with Gasteiger partial charge in [-0.05, 0) is 49.4 Å². The number of aliphatic hydroxyl groups excluding tert-OH is 1. The average Bonchev–Trinajstić information content (AvgIpc) is 0.921. The molecule has 0 aliphatic carbocycles. The van der Waals surface area contributed by atoms with Gasteiger partial charge >= 0.3 is 39.5 Å². The number of unbranched alkanes of at least 4 members (excludes halogenated alkanes) is 47. The summed E-state index contributed by atoms with van der Waals surface area (Å²) in [6.45, 7) is 14.3. The molecule has 0 rings (SSSR count). The smallest absolute Gasteiger partial charge is 0.462 e. The summed E-state index contributed by atoms with van der Waals surface area (Å²) >= 11 is 0. The van der Waals surface area contributed by atoms with Crippen molar-refractivity contribution in [1.29, 1.82) is 0 Å². The highest BCUT2D eigenvalue weighted by atomic mass is 31.2. The van der Waals surface area contributed by atoms with E-state index >= 15 is 0 Å². The van der Waals surface area contributed by atoms with Crippen molar-refractivity contribution >= 4 is 39.5 Å². The molecule has 3 unspecified atom stereocenters. The van der Waals surface area contributed by atoms with Crippen LogP contribution >= 0.6 is 15.6 Å². The van der Waals surface area contributed by atoms with Crippen LogP contribution in [0.15, 0.2) is 0 Å². The van der Waals surface area contributed by atoms with Crippen molar-refractivity contribution in [2.24, 2.45) is 23.7 Å². The zero-order chi connectivity index (χ0) is 76.7. The maximum atomic E-state index is 13.1. The van der Waals surface area contributed by atoms with Crippen LogP contribution in [0.25, 0.3) is 0 Å². The quantitative estimate of drug-likeness (QED) is 0.0222. The Labute approximate surface area is 638 Å². The Hall–Kier alpha value is -1.94. The number of aliphatic hydroxyl groups is 1. The second kappa shape index (κ2) is 73.8. The van der Waals surface area contributed by atoms with E-state index in [0.29, 0.717) is 31.6 Å². The van der Waals surface area contributed by atoms with Crippen molar-refractivity contribution in [1.82, 2.24) is 0 Å². The van der Waals surface area contributed by atoms with Crippen LogP contribution in [0.3, 0.4) is 0 Å². The third-order valence-electron chi connectivity index (χ3n) is 20.2. The molecule has 6 atom stereocenters. The lowest BCUT2D eigenvalue weighted by molar-refractivity contribution is -0.161. The monoisotopic (exact) mass is 1520 g/mol. The van der Waals surface area contributed by atoms with Crippen LogP contribution in [-0.4, -0.2) is 96.7 Å². The van der Waals surface area contributed by atoms with Crippen molar-refractivity contribution in [3.63, 3.8) is 0 Å². The van der Waals surface area contributed by atoms with E-state index in [0.717, 1.165) is 114 Å². The first kappa shape index (κ1) is 102. The number of esters is 4. The number of carbonyl (C=O) groups is 4. The van der Waals surface area contributed by atoms with E-state index in [2.05, 4.69) is 55.4 Å². The minimum Gasteiger partial charge on any atom is -0.462 e. The number of carbonyl (C=O) groups excluding carboxylic acids is 4. The fourth-order valence-electron chi connectivity index (χ4n) is 13.1. The van der Waals surface area contributed by atoms with Gasteiger partial charge in [-0.1, -0.05) is 389 Å². The van der Waals surface area contributed by atoms with Crippen LogP contribution in [0.2, 0.25) is 0 Å². The van der Waals surface area contributed by atoms with Gasteiger partial charge in [0.15, 0.2) is 12.2 Å². The molecule has 0 spiro atoms. The van der Waals surface area contributed by atoms with Gasteiger partial charge in [0.2, 0.25) is 0 Å². The molecule has 0 aromatic rings. The Morgan fingerprint density at radius 2 is 0.462 bits per heavy atom. The van der Waals surface area contributed by atoms with Gasteiger partial charge in [-0.2, -0.15) is 0 Å². The number of rotatable bonds is 82. The normalized spacial score (nSPS) is 14.2. The van der Waals surface area contributed by atoms with Gasteiger partial charge < -0.3 is 33.8 Å². The molecular weight excluding hydrogens is 1350 g/mol. The summed E-state index contributed by atoms with van der Waals surface area (Å²) in [7, 11) is -9.93. The highest BCUT2D eigenvalue weighted by molar-refractivity contribution is 7.47. The van der Waals surface area contributed by atoms with E-state index in [1.54, 1.807) is 0 Å². The molecular formula is C85H166O17P2. The van der Waals surface area contributed by atoms with E-state index in [1.807, 2.05) is 0 Å². The molecule has 0 aromatic carbocycles. The molecule has 19 heteroatoms. The molecule has 3 N–H and O–H groups in total. The third-order valence-corrected chi connectivity index (χ3v) is 22.1. The first-order valence-electron chi connectivity index (χ1n) is 43.7. The standard InChI is InChI=1S/C85H166O17P2/c1-9-78(8)64-56-48-39-33-27-21-14-12-10-11-13-15-22-29-35-41-51-59-68-85(90)102-81(72-96-83(88)66-58-50-44-43-47-55-63-77(6)7)74-100-104(93,94)98-70-79(86)69-97-103(91,92)99-73-80(71-95-82(87)65-57-49-40-34-28-24-18-20-26-32-38-46-54-62-76(4)5)101-84(89)67-60-52-42-36-30-23-17-16-19-25-31-37-45-53-61-75(2)3/h75-81,86H,9-74H2,1-8H3,(H,91,92)(H,93,94)/t78?,79-,80-,81-/m1/s1. The predicted octanol–water partition coefficient (Wildman–Crippen LogP) is 25.6. The molecule has 0 radical (unpaired) electrons. The van der Waals surface area contributed by atoms with Crippen molar-refractivity contribution in [2.75, 3.05) is 39.6 Å². The van der Waals surface area contributed by atoms with Crippen LogP contribution in [0, 0.1) is 23.7 Å². The number of hydrogen-bond acceptors (Lipinski definition) is 15. The molecule has 104 heavy (non-hydrogen) atoms. The summed E-state index contributed by atoms with van der Waals surface area (Å²) in [4.78, 5) is 73.1. The number of ether oxygens (including phenoxy) is 4. The maximum Gasteiger partial charge on any atom is 0.472 e. The molecule has 0 heterocycles. The van der Waals surface area contributed by atoms with Crippen molar-refractivity contribution < 1.29 is 80.2 Å². The van der Waals surface area contributed by atoms with E-state index in [4.69, 9.17) is 37.0 Å². The van der Waals surface area contributed by atoms with Gasteiger partial charge in [0.05, 0.1) is 26.4 Å². The maximum absolute atomic E-state index is 13.1. The summed E-state index contributed by atoms with van der Waals surface area (Å²) < 4.78 is 68.8. The summed E-state index contributed by atoms with van der Waals surface area (Å²) in [6.07, 6.45) is 62.6. The van der Waals surface area contributed by atoms with Crippen LogP contribution in [0.4, 0.5) is 0 Å². The van der Waals surface area contributed by atoms with Gasteiger partial charge in [-0.25, -0.2) is 9.13 Å². The molecule has 17 nitrogen and oxygen atoms in total. The average molecular weight is 1520 g/mol. The van der Waals surface area contributed by atoms with Crippen LogP contribution in [-0.2, 0) is 65.4 Å². The lowest BCUT2D eigenvalue weighted by Gasteiger charge is -2.21. The number of phosphoric acid groups is 2. The van der Waals surface area contributed by atoms with Gasteiger partial charge in [0.25, 0.3) is 0 Å². The Kier molecular flexibility index (Phi) is 72.5. The molecule has 0 amide bonds. The lowest BCUT2D eigenvalue weighted by atomic mass is 9.99. The number of hydrogen-bond donors (Lipinski definition) is 3. The second-order valence-electron chi connectivity index (χ2n) is 32.2. The topological polar surface area (TPSA) is 237 Å². The second-order valence-corrected chi connectivity index (χ2v) is 35.2. The van der Waals surface area contributed by atoms with Crippen LogP contribution in [0.1, 0.15) is 441 Å². The van der Waals surface area contributed by atoms with Crippen LogP contribution in [0.5, 0.6) is 0 Å². The summed E-state index contributed by atoms with van der Waals surface area (Å²) in [5, 5.41) is 10.7. The zero-order valence-electron chi connectivity index (χ0n) is 68.7. The van der Waals surface area contributed by atoms with Gasteiger partial charge in [-0.3, -0.25) is 37.3 Å².